The van der Waals surface area contributed by atoms with E-state index in [4.69, 9.17) is 0 Å². The molecule has 1 aliphatic rings. The Bertz CT molecular complexity index is 118. The SMILES string of the molecule is CCCCC(CC1CCC1)NCC. The average Bonchev–Trinajstić information content (AvgIpc) is 2.07. The van der Waals surface area contributed by atoms with Gasteiger partial charge >= 0.3 is 0 Å². The predicted octanol–water partition coefficient (Wildman–Crippen LogP) is 3.34. The molecule has 0 bridgehead atoms. The van der Waals surface area contributed by atoms with Crippen LogP contribution in [0.15, 0.2) is 0 Å². The molecular formula is C12H25N. The third-order valence-corrected chi connectivity index (χ3v) is 3.24. The van der Waals surface area contributed by atoms with Gasteiger partial charge in [0.25, 0.3) is 0 Å². The van der Waals surface area contributed by atoms with Gasteiger partial charge in [-0.1, -0.05) is 46.0 Å². The van der Waals surface area contributed by atoms with Crippen LogP contribution in [-0.4, -0.2) is 12.6 Å². The fourth-order valence-electron chi connectivity index (χ4n) is 2.17. The van der Waals surface area contributed by atoms with E-state index in [1.807, 2.05) is 0 Å². The van der Waals surface area contributed by atoms with Crippen LogP contribution >= 0.6 is 0 Å². The Morgan fingerprint density at radius 1 is 1.31 bits per heavy atom. The summed E-state index contributed by atoms with van der Waals surface area (Å²) in [6.07, 6.45) is 10.0. The minimum atomic E-state index is 0.815. The Labute approximate surface area is 83.3 Å². The fraction of sp³-hybridized carbons (Fsp3) is 1.00. The van der Waals surface area contributed by atoms with Crippen molar-refractivity contribution in [3.63, 3.8) is 0 Å². The van der Waals surface area contributed by atoms with Gasteiger partial charge < -0.3 is 5.32 Å². The molecule has 1 unspecified atom stereocenters. The number of hydrogen-bond donors (Lipinski definition) is 1. The summed E-state index contributed by atoms with van der Waals surface area (Å²) < 4.78 is 0. The molecule has 0 aromatic carbocycles. The van der Waals surface area contributed by atoms with Gasteiger partial charge in [0.1, 0.15) is 0 Å². The number of nitrogens with one attached hydrogen (secondary N) is 1. The molecule has 1 nitrogen and oxygen atoms in total. The second-order valence-corrected chi connectivity index (χ2v) is 4.43. The molecule has 0 aromatic heterocycles. The summed E-state index contributed by atoms with van der Waals surface area (Å²) in [5.41, 5.74) is 0. The standard InChI is InChI=1S/C12H25N/c1-3-5-9-12(13-4-2)10-11-7-6-8-11/h11-13H,3-10H2,1-2H3. The maximum Gasteiger partial charge on any atom is 0.00695 e. The van der Waals surface area contributed by atoms with Crippen LogP contribution in [0.1, 0.15) is 58.8 Å². The molecule has 13 heavy (non-hydrogen) atoms. The van der Waals surface area contributed by atoms with Crippen molar-refractivity contribution in [2.45, 2.75) is 64.8 Å². The highest BCUT2D eigenvalue weighted by atomic mass is 14.9. The van der Waals surface area contributed by atoms with Crippen LogP contribution < -0.4 is 5.32 Å². The van der Waals surface area contributed by atoms with E-state index in [1.54, 1.807) is 0 Å². The van der Waals surface area contributed by atoms with E-state index in [1.165, 1.54) is 44.9 Å². The van der Waals surface area contributed by atoms with Gasteiger partial charge in [-0.05, 0) is 25.3 Å². The zero-order chi connectivity index (χ0) is 9.52. The number of unbranched alkanes of at least 4 members (excludes halogenated alkanes) is 1. The van der Waals surface area contributed by atoms with Crippen LogP contribution in [0, 0.1) is 5.92 Å². The van der Waals surface area contributed by atoms with Gasteiger partial charge in [0.05, 0.1) is 0 Å². The summed E-state index contributed by atoms with van der Waals surface area (Å²) >= 11 is 0. The summed E-state index contributed by atoms with van der Waals surface area (Å²) in [5.74, 6) is 1.06. The first-order valence-corrected chi connectivity index (χ1v) is 6.10. The van der Waals surface area contributed by atoms with E-state index in [2.05, 4.69) is 19.2 Å². The summed E-state index contributed by atoms with van der Waals surface area (Å²) in [6, 6.07) is 0.815. The van der Waals surface area contributed by atoms with Crippen LogP contribution in [0.4, 0.5) is 0 Å². The largest absolute Gasteiger partial charge is 0.314 e. The normalized spacial score (nSPS) is 19.8. The van der Waals surface area contributed by atoms with Crippen molar-refractivity contribution in [2.75, 3.05) is 6.54 Å². The lowest BCUT2D eigenvalue weighted by atomic mass is 9.80. The molecule has 0 radical (unpaired) electrons. The summed E-state index contributed by atoms with van der Waals surface area (Å²) in [4.78, 5) is 0. The van der Waals surface area contributed by atoms with Crippen molar-refractivity contribution < 1.29 is 0 Å². The number of hydrogen-bond acceptors (Lipinski definition) is 1. The van der Waals surface area contributed by atoms with Crippen molar-refractivity contribution in [3.8, 4) is 0 Å². The van der Waals surface area contributed by atoms with Gasteiger partial charge in [-0.2, -0.15) is 0 Å². The molecule has 0 aromatic rings. The summed E-state index contributed by atoms with van der Waals surface area (Å²) in [5, 5.41) is 3.62. The molecule has 0 heterocycles. The van der Waals surface area contributed by atoms with Gasteiger partial charge in [-0.15, -0.1) is 0 Å². The molecule has 1 atom stereocenters. The lowest BCUT2D eigenvalue weighted by Gasteiger charge is -2.30. The van der Waals surface area contributed by atoms with Gasteiger partial charge in [-0.3, -0.25) is 0 Å². The van der Waals surface area contributed by atoms with Crippen molar-refractivity contribution in [2.24, 2.45) is 5.92 Å². The van der Waals surface area contributed by atoms with Crippen molar-refractivity contribution in [1.29, 1.82) is 0 Å². The Morgan fingerprint density at radius 2 is 2.08 bits per heavy atom. The van der Waals surface area contributed by atoms with Crippen LogP contribution in [0.25, 0.3) is 0 Å². The monoisotopic (exact) mass is 183 g/mol. The zero-order valence-electron chi connectivity index (χ0n) is 9.31. The molecule has 1 heteroatoms. The smallest absolute Gasteiger partial charge is 0.00695 e. The van der Waals surface area contributed by atoms with Crippen LogP contribution in [0.3, 0.4) is 0 Å². The molecule has 0 aliphatic heterocycles. The predicted molar refractivity (Wildman–Crippen MR) is 58.9 cm³/mol. The maximum atomic E-state index is 3.62. The molecule has 0 amide bonds. The highest BCUT2D eigenvalue weighted by Crippen LogP contribution is 2.31. The quantitative estimate of drug-likeness (QED) is 0.638. The lowest BCUT2D eigenvalue weighted by Crippen LogP contribution is -2.32. The van der Waals surface area contributed by atoms with E-state index in [9.17, 15) is 0 Å². The number of rotatable bonds is 7. The van der Waals surface area contributed by atoms with Gasteiger partial charge in [-0.25, -0.2) is 0 Å². The van der Waals surface area contributed by atoms with Crippen molar-refractivity contribution in [1.82, 2.24) is 5.32 Å². The topological polar surface area (TPSA) is 12.0 Å². The molecule has 0 spiro atoms. The molecule has 1 fully saturated rings. The lowest BCUT2D eigenvalue weighted by molar-refractivity contribution is 0.253. The Kier molecular flexibility index (Phi) is 5.45. The minimum Gasteiger partial charge on any atom is -0.314 e. The Balaban J connectivity index is 2.11. The fourth-order valence-corrected chi connectivity index (χ4v) is 2.17. The van der Waals surface area contributed by atoms with E-state index in [-0.39, 0.29) is 0 Å². The summed E-state index contributed by atoms with van der Waals surface area (Å²) in [6.45, 7) is 5.65. The maximum absolute atomic E-state index is 3.62. The molecular weight excluding hydrogens is 158 g/mol. The first kappa shape index (κ1) is 11.0. The van der Waals surface area contributed by atoms with E-state index in [0.29, 0.717) is 0 Å². The van der Waals surface area contributed by atoms with Crippen LogP contribution in [-0.2, 0) is 0 Å². The molecule has 1 aliphatic carbocycles. The average molecular weight is 183 g/mol. The third kappa shape index (κ3) is 4.12. The Morgan fingerprint density at radius 3 is 2.54 bits per heavy atom. The zero-order valence-corrected chi connectivity index (χ0v) is 9.31. The second kappa shape index (κ2) is 6.42. The van der Waals surface area contributed by atoms with E-state index < -0.39 is 0 Å². The second-order valence-electron chi connectivity index (χ2n) is 4.43. The highest BCUT2D eigenvalue weighted by Gasteiger charge is 2.20. The first-order chi connectivity index (χ1) is 6.36. The highest BCUT2D eigenvalue weighted by molar-refractivity contribution is 4.76. The first-order valence-electron chi connectivity index (χ1n) is 6.10. The van der Waals surface area contributed by atoms with Gasteiger partial charge in [0.15, 0.2) is 0 Å². The van der Waals surface area contributed by atoms with Crippen molar-refractivity contribution in [3.05, 3.63) is 0 Å². The van der Waals surface area contributed by atoms with Crippen LogP contribution in [0.5, 0.6) is 0 Å². The third-order valence-electron chi connectivity index (χ3n) is 3.24. The molecule has 78 valence electrons. The van der Waals surface area contributed by atoms with Crippen LogP contribution in [0.2, 0.25) is 0 Å². The summed E-state index contributed by atoms with van der Waals surface area (Å²) in [7, 11) is 0. The Hall–Kier alpha value is -0.0400. The molecule has 1 rings (SSSR count). The van der Waals surface area contributed by atoms with Gasteiger partial charge in [0, 0.05) is 6.04 Å². The van der Waals surface area contributed by atoms with Gasteiger partial charge in [0.2, 0.25) is 0 Å². The van der Waals surface area contributed by atoms with Crippen molar-refractivity contribution >= 4 is 0 Å². The minimum absolute atomic E-state index is 0.815. The molecule has 0 saturated heterocycles. The van der Waals surface area contributed by atoms with E-state index in [0.717, 1.165) is 18.5 Å². The molecule has 1 N–H and O–H groups in total. The van der Waals surface area contributed by atoms with E-state index >= 15 is 0 Å². The molecule has 1 saturated carbocycles.